The van der Waals surface area contributed by atoms with Gasteiger partial charge in [-0.1, -0.05) is 0 Å². The zero-order valence-electron chi connectivity index (χ0n) is 12.2. The second kappa shape index (κ2) is 4.86. The first-order chi connectivity index (χ1) is 10.4. The van der Waals surface area contributed by atoms with E-state index in [1.807, 2.05) is 0 Å². The van der Waals surface area contributed by atoms with Crippen molar-refractivity contribution in [3.05, 3.63) is 24.2 Å². The molecule has 0 aliphatic carbocycles. The number of rotatable bonds is 3. The monoisotopic (exact) mass is 310 g/mol. The molecule has 0 bridgehead atoms. The summed E-state index contributed by atoms with van der Waals surface area (Å²) in [6.07, 6.45) is -1.08. The molecule has 120 valence electrons. The van der Waals surface area contributed by atoms with Gasteiger partial charge in [0, 0.05) is 7.11 Å². The lowest BCUT2D eigenvalue weighted by molar-refractivity contribution is -0.290. The third kappa shape index (κ3) is 1.71. The van der Waals surface area contributed by atoms with E-state index in [0.717, 1.165) is 0 Å². The van der Waals surface area contributed by atoms with Gasteiger partial charge in [-0.15, -0.1) is 0 Å². The molecule has 2 aromatic rings. The Hall–Kier alpha value is -1.78. The predicted octanol–water partition coefficient (Wildman–Crippen LogP) is -1.39. The highest BCUT2D eigenvalue weighted by atomic mass is 16.7. The number of nitrogens with zero attached hydrogens (tertiary/aromatic N) is 3. The summed E-state index contributed by atoms with van der Waals surface area (Å²) in [6.45, 7) is 0.906. The molecule has 1 saturated heterocycles. The Labute approximate surface area is 125 Å². The lowest BCUT2D eigenvalue weighted by atomic mass is 9.88. The van der Waals surface area contributed by atoms with Crippen LogP contribution in [0.4, 0.5) is 5.82 Å². The largest absolute Gasteiger partial charge is 0.394 e. The number of nitrogens with two attached hydrogens (primary N) is 1. The van der Waals surface area contributed by atoms with Crippen LogP contribution in [0.3, 0.4) is 0 Å². The van der Waals surface area contributed by atoms with E-state index in [-0.39, 0.29) is 5.82 Å². The molecule has 22 heavy (non-hydrogen) atoms. The molecule has 1 aliphatic rings. The zero-order valence-corrected chi connectivity index (χ0v) is 12.2. The molecule has 0 saturated carbocycles. The Morgan fingerprint density at radius 2 is 2.23 bits per heavy atom. The van der Waals surface area contributed by atoms with Crippen LogP contribution < -0.4 is 5.73 Å². The minimum Gasteiger partial charge on any atom is -0.394 e. The van der Waals surface area contributed by atoms with Crippen LogP contribution in [0.25, 0.3) is 5.52 Å². The standard InChI is InChI=1S/C13H18N4O5/c1-12(20)10(19)8(5-18)22-13(12,21-2)9-4-3-7-11(14)15-6-16-17(7)9/h3-4,6,8,10,18-20H,5H2,1-2H3,(H2,14,15,16)/t8-,10-,12-,13+/m1/s1. The fraction of sp³-hybridized carbons (Fsp3) is 0.538. The minimum atomic E-state index is -1.82. The van der Waals surface area contributed by atoms with Crippen LogP contribution >= 0.6 is 0 Å². The van der Waals surface area contributed by atoms with Gasteiger partial charge in [0.15, 0.2) is 11.4 Å². The average Bonchev–Trinajstić information content (AvgIpc) is 3.01. The summed E-state index contributed by atoms with van der Waals surface area (Å²) in [6, 6.07) is 3.27. The van der Waals surface area contributed by atoms with Crippen molar-refractivity contribution in [2.75, 3.05) is 19.5 Å². The summed E-state index contributed by atoms with van der Waals surface area (Å²) in [5, 5.41) is 34.4. The lowest BCUT2D eigenvalue weighted by Gasteiger charge is -2.37. The summed E-state index contributed by atoms with van der Waals surface area (Å²) >= 11 is 0. The van der Waals surface area contributed by atoms with E-state index < -0.39 is 30.2 Å². The second-order valence-corrected chi connectivity index (χ2v) is 5.41. The number of fused-ring (bicyclic) bond motifs is 1. The predicted molar refractivity (Wildman–Crippen MR) is 74.7 cm³/mol. The number of aliphatic hydroxyl groups is 3. The quantitative estimate of drug-likeness (QED) is 0.544. The van der Waals surface area contributed by atoms with E-state index in [4.69, 9.17) is 15.2 Å². The van der Waals surface area contributed by atoms with Crippen molar-refractivity contribution in [2.24, 2.45) is 0 Å². The maximum absolute atomic E-state index is 10.8. The van der Waals surface area contributed by atoms with Gasteiger partial charge in [0.05, 0.1) is 6.61 Å². The number of hydrogen-bond acceptors (Lipinski definition) is 8. The van der Waals surface area contributed by atoms with E-state index in [2.05, 4.69) is 10.1 Å². The molecule has 4 atom stereocenters. The number of anilines is 1. The molecule has 3 heterocycles. The third-order valence-corrected chi connectivity index (χ3v) is 4.20. The summed E-state index contributed by atoms with van der Waals surface area (Å²) in [5.41, 5.74) is 4.82. The van der Waals surface area contributed by atoms with E-state index in [1.54, 1.807) is 12.1 Å². The van der Waals surface area contributed by atoms with Crippen LogP contribution in [0.2, 0.25) is 0 Å². The van der Waals surface area contributed by atoms with Gasteiger partial charge in [-0.25, -0.2) is 9.50 Å². The van der Waals surface area contributed by atoms with Crippen molar-refractivity contribution >= 4 is 11.3 Å². The first-order valence-electron chi connectivity index (χ1n) is 6.72. The zero-order chi connectivity index (χ0) is 16.1. The number of aliphatic hydroxyl groups excluding tert-OH is 2. The SMILES string of the molecule is CO[C@@]1(c2ccc3c(N)ncnn23)O[C@H](CO)[C@@H](O)[C@@]1(C)O. The molecule has 2 aromatic heterocycles. The van der Waals surface area contributed by atoms with Crippen LogP contribution in [0, 0.1) is 0 Å². The molecule has 9 nitrogen and oxygen atoms in total. The summed E-state index contributed by atoms with van der Waals surface area (Å²) in [7, 11) is 1.34. The first-order valence-corrected chi connectivity index (χ1v) is 6.72. The van der Waals surface area contributed by atoms with Gasteiger partial charge >= 0.3 is 0 Å². The number of aromatic nitrogens is 3. The van der Waals surface area contributed by atoms with Crippen molar-refractivity contribution in [1.29, 1.82) is 0 Å². The molecule has 0 aromatic carbocycles. The van der Waals surface area contributed by atoms with Crippen molar-refractivity contribution < 1.29 is 24.8 Å². The van der Waals surface area contributed by atoms with Gasteiger partial charge in [0.2, 0.25) is 5.79 Å². The van der Waals surface area contributed by atoms with Crippen molar-refractivity contribution in [1.82, 2.24) is 14.6 Å². The van der Waals surface area contributed by atoms with Gasteiger partial charge in [0.25, 0.3) is 0 Å². The van der Waals surface area contributed by atoms with Crippen LogP contribution in [0.15, 0.2) is 18.5 Å². The molecule has 0 radical (unpaired) electrons. The Morgan fingerprint density at radius 3 is 2.82 bits per heavy atom. The van der Waals surface area contributed by atoms with Crippen molar-refractivity contribution in [2.45, 2.75) is 30.5 Å². The second-order valence-electron chi connectivity index (χ2n) is 5.41. The van der Waals surface area contributed by atoms with Gasteiger partial charge < -0.3 is 30.5 Å². The fourth-order valence-corrected chi connectivity index (χ4v) is 2.97. The average molecular weight is 310 g/mol. The molecule has 0 unspecified atom stereocenters. The smallest absolute Gasteiger partial charge is 0.244 e. The summed E-state index contributed by atoms with van der Waals surface area (Å²) in [4.78, 5) is 3.89. The normalized spacial score (nSPS) is 35.3. The van der Waals surface area contributed by atoms with Gasteiger partial charge in [-0.05, 0) is 19.1 Å². The Bertz CT molecular complexity index is 703. The van der Waals surface area contributed by atoms with Crippen molar-refractivity contribution in [3.63, 3.8) is 0 Å². The molecular formula is C13H18N4O5. The van der Waals surface area contributed by atoms with Crippen LogP contribution in [-0.2, 0) is 15.3 Å². The number of nitrogen functional groups attached to an aromatic ring is 1. The molecule has 9 heteroatoms. The number of hydrogen-bond donors (Lipinski definition) is 4. The third-order valence-electron chi connectivity index (χ3n) is 4.20. The summed E-state index contributed by atoms with van der Waals surface area (Å²) < 4.78 is 12.5. The molecule has 1 aliphatic heterocycles. The Morgan fingerprint density at radius 1 is 1.50 bits per heavy atom. The van der Waals surface area contributed by atoms with E-state index in [0.29, 0.717) is 11.2 Å². The highest BCUT2D eigenvalue weighted by Gasteiger charge is 2.65. The van der Waals surface area contributed by atoms with Crippen LogP contribution in [-0.4, -0.2) is 61.4 Å². The fourth-order valence-electron chi connectivity index (χ4n) is 2.97. The van der Waals surface area contributed by atoms with Gasteiger partial charge in [-0.3, -0.25) is 0 Å². The topological polar surface area (TPSA) is 135 Å². The minimum absolute atomic E-state index is 0.254. The van der Waals surface area contributed by atoms with Crippen molar-refractivity contribution in [3.8, 4) is 0 Å². The lowest BCUT2D eigenvalue weighted by Crippen LogP contribution is -2.54. The van der Waals surface area contributed by atoms with E-state index >= 15 is 0 Å². The van der Waals surface area contributed by atoms with E-state index in [9.17, 15) is 15.3 Å². The Balaban J connectivity index is 2.24. The van der Waals surface area contributed by atoms with Crippen LogP contribution in [0.1, 0.15) is 12.6 Å². The first kappa shape index (κ1) is 15.1. The molecule has 0 amide bonds. The highest BCUT2D eigenvalue weighted by Crippen LogP contribution is 2.47. The summed E-state index contributed by atoms with van der Waals surface area (Å²) in [5.74, 6) is -1.46. The maximum atomic E-state index is 10.8. The number of methoxy groups -OCH3 is 1. The highest BCUT2D eigenvalue weighted by molar-refractivity contribution is 5.65. The van der Waals surface area contributed by atoms with E-state index in [1.165, 1.54) is 24.9 Å². The maximum Gasteiger partial charge on any atom is 0.244 e. The molecule has 0 spiro atoms. The Kier molecular flexibility index (Phi) is 3.34. The van der Waals surface area contributed by atoms with Gasteiger partial charge in [-0.2, -0.15) is 5.10 Å². The molecule has 1 fully saturated rings. The molecular weight excluding hydrogens is 292 g/mol. The molecule has 5 N–H and O–H groups in total. The molecule has 3 rings (SSSR count). The van der Waals surface area contributed by atoms with Gasteiger partial charge in [0.1, 0.15) is 29.7 Å². The number of ether oxygens (including phenoxy) is 2. The van der Waals surface area contributed by atoms with Crippen LogP contribution in [0.5, 0.6) is 0 Å².